The Morgan fingerprint density at radius 3 is 2.44 bits per heavy atom. The predicted molar refractivity (Wildman–Crippen MR) is 94.0 cm³/mol. The highest BCUT2D eigenvalue weighted by atomic mass is 31.2. The Balaban J connectivity index is 2.57. The molecule has 0 saturated carbocycles. The molecule has 11 nitrogen and oxygen atoms in total. The van der Waals surface area contributed by atoms with E-state index in [9.17, 15) is 18.9 Å². The lowest BCUT2D eigenvalue weighted by Gasteiger charge is -2.27. The van der Waals surface area contributed by atoms with Crippen LogP contribution in [0, 0.1) is 0 Å². The molecule has 27 heavy (non-hydrogen) atoms. The third-order valence-corrected chi connectivity index (χ3v) is 6.44. The first-order valence-electron chi connectivity index (χ1n) is 8.54. The maximum absolute atomic E-state index is 13.2. The molecule has 1 aliphatic heterocycles. The summed E-state index contributed by atoms with van der Waals surface area (Å²) in [6.45, 7) is 5.19. The standard InChI is InChI=1S/C15H24N3O8P/c1-5-23-13(20)15(18-9-8-11(19)16-14(18)21)10-12(17(4)26-15)27(22,24-6-2)25-7-3/h8-9,12H,5-7,10H2,1-4H3,(H,16,19,21)/t12-,15+/m0/s1. The van der Waals surface area contributed by atoms with Gasteiger partial charge in [0.05, 0.1) is 19.8 Å². The molecule has 2 atom stereocenters. The van der Waals surface area contributed by atoms with E-state index in [-0.39, 0.29) is 26.2 Å². The molecule has 0 aliphatic carbocycles. The van der Waals surface area contributed by atoms with Crippen LogP contribution in [-0.2, 0) is 33.7 Å². The minimum atomic E-state index is -3.70. The molecule has 1 aromatic rings. The van der Waals surface area contributed by atoms with E-state index in [2.05, 4.69) is 4.98 Å². The summed E-state index contributed by atoms with van der Waals surface area (Å²) in [5.41, 5.74) is -3.46. The second-order valence-corrected chi connectivity index (χ2v) is 7.87. The number of carbonyl (C=O) groups is 1. The SMILES string of the molecule is CCOC(=O)[C@@]1(n2ccc(=O)[nH]c2=O)C[C@H](P(=O)(OCC)OCC)N(C)O1. The van der Waals surface area contributed by atoms with Crippen LogP contribution in [0.5, 0.6) is 0 Å². The Labute approximate surface area is 155 Å². The molecular weight excluding hydrogens is 381 g/mol. The van der Waals surface area contributed by atoms with Crippen LogP contribution < -0.4 is 11.2 Å². The normalized spacial score (nSPS) is 23.5. The highest BCUT2D eigenvalue weighted by molar-refractivity contribution is 7.54. The van der Waals surface area contributed by atoms with E-state index < -0.39 is 36.3 Å². The van der Waals surface area contributed by atoms with Crippen LogP contribution in [0.25, 0.3) is 0 Å². The number of nitrogens with one attached hydrogen (secondary N) is 1. The van der Waals surface area contributed by atoms with E-state index in [1.807, 2.05) is 0 Å². The maximum Gasteiger partial charge on any atom is 0.362 e. The number of esters is 1. The molecule has 0 spiro atoms. The Morgan fingerprint density at radius 2 is 1.93 bits per heavy atom. The zero-order chi connectivity index (χ0) is 20.2. The lowest BCUT2D eigenvalue weighted by atomic mass is 10.1. The van der Waals surface area contributed by atoms with Gasteiger partial charge in [-0.25, -0.2) is 9.59 Å². The van der Waals surface area contributed by atoms with Gasteiger partial charge in [-0.1, -0.05) is 0 Å². The molecule has 2 rings (SSSR count). The predicted octanol–water partition coefficient (Wildman–Crippen LogP) is 0.612. The Morgan fingerprint density at radius 1 is 1.30 bits per heavy atom. The fourth-order valence-corrected chi connectivity index (χ4v) is 4.95. The van der Waals surface area contributed by atoms with Crippen LogP contribution >= 0.6 is 7.60 Å². The van der Waals surface area contributed by atoms with Gasteiger partial charge in [-0.15, -0.1) is 0 Å². The van der Waals surface area contributed by atoms with Crippen molar-refractivity contribution in [2.75, 3.05) is 26.9 Å². The zero-order valence-electron chi connectivity index (χ0n) is 15.7. The van der Waals surface area contributed by atoms with Crippen molar-refractivity contribution in [1.29, 1.82) is 0 Å². The van der Waals surface area contributed by atoms with Crippen LogP contribution in [0.4, 0.5) is 0 Å². The molecule has 1 fully saturated rings. The average molecular weight is 405 g/mol. The summed E-state index contributed by atoms with van der Waals surface area (Å²) in [6.07, 6.45) is 0.881. The number of hydrogen-bond acceptors (Lipinski definition) is 9. The maximum atomic E-state index is 13.2. The number of aromatic nitrogens is 2. The van der Waals surface area contributed by atoms with Gasteiger partial charge in [-0.05, 0) is 20.8 Å². The summed E-state index contributed by atoms with van der Waals surface area (Å²) in [4.78, 5) is 44.2. The molecule has 0 unspecified atom stereocenters. The molecule has 2 heterocycles. The van der Waals surface area contributed by atoms with Crippen LogP contribution in [0.15, 0.2) is 21.9 Å². The molecular formula is C15H24N3O8P. The fraction of sp³-hybridized carbons (Fsp3) is 0.667. The first-order chi connectivity index (χ1) is 12.7. The molecule has 1 aliphatic rings. The van der Waals surface area contributed by atoms with Crippen molar-refractivity contribution < 1.29 is 28.0 Å². The third kappa shape index (κ3) is 4.07. The summed E-state index contributed by atoms with van der Waals surface area (Å²) >= 11 is 0. The van der Waals surface area contributed by atoms with E-state index in [1.54, 1.807) is 20.8 Å². The minimum absolute atomic E-state index is 0.0327. The average Bonchev–Trinajstić information content (AvgIpc) is 2.95. The first-order valence-corrected chi connectivity index (χ1v) is 10.2. The summed E-state index contributed by atoms with van der Waals surface area (Å²) in [6, 6.07) is 1.07. The lowest BCUT2D eigenvalue weighted by molar-refractivity contribution is -0.235. The highest BCUT2D eigenvalue weighted by Gasteiger charge is 2.59. The summed E-state index contributed by atoms with van der Waals surface area (Å²) in [7, 11) is -2.25. The van der Waals surface area contributed by atoms with Gasteiger partial charge in [0.2, 0.25) is 0 Å². The Hall–Kier alpha value is -1.78. The van der Waals surface area contributed by atoms with Crippen LogP contribution in [0.2, 0.25) is 0 Å². The number of ether oxygens (including phenoxy) is 1. The van der Waals surface area contributed by atoms with Crippen LogP contribution in [0.1, 0.15) is 27.2 Å². The molecule has 1 aromatic heterocycles. The van der Waals surface area contributed by atoms with Gasteiger partial charge in [0.1, 0.15) is 5.78 Å². The molecule has 1 N–H and O–H groups in total. The van der Waals surface area contributed by atoms with E-state index in [0.29, 0.717) is 0 Å². The van der Waals surface area contributed by atoms with Crippen molar-refractivity contribution in [3.63, 3.8) is 0 Å². The van der Waals surface area contributed by atoms with Gasteiger partial charge in [0, 0.05) is 25.7 Å². The van der Waals surface area contributed by atoms with Crippen molar-refractivity contribution in [1.82, 2.24) is 14.6 Å². The molecule has 0 bridgehead atoms. The van der Waals surface area contributed by atoms with E-state index in [0.717, 1.165) is 16.8 Å². The van der Waals surface area contributed by atoms with Crippen molar-refractivity contribution >= 4 is 13.6 Å². The number of hydroxylamine groups is 2. The second kappa shape index (κ2) is 8.49. The number of hydrogen-bond donors (Lipinski definition) is 1. The molecule has 12 heteroatoms. The Bertz CT molecular complexity index is 827. The molecule has 0 amide bonds. The lowest BCUT2D eigenvalue weighted by Crippen LogP contribution is -2.50. The largest absolute Gasteiger partial charge is 0.462 e. The molecule has 1 saturated heterocycles. The zero-order valence-corrected chi connectivity index (χ0v) is 16.6. The monoisotopic (exact) mass is 405 g/mol. The van der Waals surface area contributed by atoms with Crippen molar-refractivity contribution in [3.05, 3.63) is 33.1 Å². The van der Waals surface area contributed by atoms with Gasteiger partial charge < -0.3 is 13.8 Å². The quantitative estimate of drug-likeness (QED) is 0.488. The number of H-pyrrole nitrogens is 1. The summed E-state index contributed by atoms with van der Waals surface area (Å²) in [5, 5.41) is 1.17. The van der Waals surface area contributed by atoms with E-state index in [4.69, 9.17) is 18.6 Å². The number of aromatic amines is 1. The van der Waals surface area contributed by atoms with Crippen molar-refractivity contribution in [2.24, 2.45) is 0 Å². The van der Waals surface area contributed by atoms with Gasteiger partial charge in [0.25, 0.3) is 11.3 Å². The highest BCUT2D eigenvalue weighted by Crippen LogP contribution is 2.59. The van der Waals surface area contributed by atoms with Crippen LogP contribution in [0.3, 0.4) is 0 Å². The van der Waals surface area contributed by atoms with Crippen molar-refractivity contribution in [2.45, 2.75) is 38.7 Å². The molecule has 0 radical (unpaired) electrons. The van der Waals surface area contributed by atoms with Gasteiger partial charge in [0.15, 0.2) is 0 Å². The van der Waals surface area contributed by atoms with Crippen molar-refractivity contribution in [3.8, 4) is 0 Å². The fourth-order valence-electron chi connectivity index (χ4n) is 2.90. The van der Waals surface area contributed by atoms with E-state index in [1.165, 1.54) is 12.1 Å². The topological polar surface area (TPSA) is 129 Å². The summed E-state index contributed by atoms with van der Waals surface area (Å²) in [5.74, 6) is -1.84. The molecule has 0 aromatic carbocycles. The van der Waals surface area contributed by atoms with Gasteiger partial charge in [-0.3, -0.25) is 23.7 Å². The Kier molecular flexibility index (Phi) is 6.77. The van der Waals surface area contributed by atoms with Gasteiger partial charge in [-0.2, -0.15) is 5.06 Å². The van der Waals surface area contributed by atoms with E-state index >= 15 is 0 Å². The smallest absolute Gasteiger partial charge is 0.362 e. The number of rotatable bonds is 8. The third-order valence-electron chi connectivity index (χ3n) is 3.96. The molecule has 152 valence electrons. The minimum Gasteiger partial charge on any atom is -0.462 e. The summed E-state index contributed by atoms with van der Waals surface area (Å²) < 4.78 is 29.9. The number of carbonyl (C=O) groups excluding carboxylic acids is 1. The first kappa shape index (κ1) is 21.5. The number of nitrogens with zero attached hydrogens (tertiary/aromatic N) is 2. The van der Waals surface area contributed by atoms with Crippen LogP contribution in [-0.4, -0.2) is 53.2 Å². The second-order valence-electron chi connectivity index (χ2n) is 5.68. The van der Waals surface area contributed by atoms with Gasteiger partial charge >= 0.3 is 19.3 Å².